The van der Waals surface area contributed by atoms with Crippen LogP contribution in [0.1, 0.15) is 68.9 Å². The molecule has 1 N–H and O–H groups in total. The van der Waals surface area contributed by atoms with E-state index in [4.69, 9.17) is 21.1 Å². The maximum absolute atomic E-state index is 13.4. The van der Waals surface area contributed by atoms with Crippen molar-refractivity contribution in [2.45, 2.75) is 70.9 Å². The Labute approximate surface area is 218 Å². The molecular formula is C28H36ClN3O4. The summed E-state index contributed by atoms with van der Waals surface area (Å²) in [6.07, 6.45) is 8.89. The number of amides is 2. The first-order valence-electron chi connectivity index (χ1n) is 12.4. The third kappa shape index (κ3) is 8.55. The van der Waals surface area contributed by atoms with Crippen LogP contribution >= 0.6 is 11.6 Å². The van der Waals surface area contributed by atoms with Crippen molar-refractivity contribution in [3.63, 3.8) is 0 Å². The second kappa shape index (κ2) is 12.8. The van der Waals surface area contributed by atoms with Crippen LogP contribution in [0.15, 0.2) is 49.2 Å². The zero-order valence-corrected chi connectivity index (χ0v) is 22.1. The number of anilines is 1. The predicted octanol–water partition coefficient (Wildman–Crippen LogP) is 6.66. The van der Waals surface area contributed by atoms with Crippen LogP contribution in [0.25, 0.3) is 0 Å². The lowest BCUT2D eigenvalue weighted by Crippen LogP contribution is -2.41. The number of benzene rings is 1. The van der Waals surface area contributed by atoms with Gasteiger partial charge in [-0.15, -0.1) is 6.58 Å². The number of carbonyl (C=O) groups is 2. The number of hydrogen-bond donors (Lipinski definition) is 1. The molecule has 36 heavy (non-hydrogen) atoms. The van der Waals surface area contributed by atoms with Crippen molar-refractivity contribution < 1.29 is 19.1 Å². The van der Waals surface area contributed by atoms with Crippen LogP contribution in [0.3, 0.4) is 0 Å². The number of carbonyl (C=O) groups excluding carboxylic acids is 2. The van der Waals surface area contributed by atoms with Gasteiger partial charge in [0.25, 0.3) is 5.91 Å². The number of halogens is 1. The first-order valence-corrected chi connectivity index (χ1v) is 12.8. The second-order valence-electron chi connectivity index (χ2n) is 9.97. The molecular weight excluding hydrogens is 478 g/mol. The zero-order chi connectivity index (χ0) is 26.1. The van der Waals surface area contributed by atoms with E-state index in [1.807, 2.05) is 25.7 Å². The molecule has 0 atom stereocenters. The van der Waals surface area contributed by atoms with Gasteiger partial charge < -0.3 is 14.4 Å². The van der Waals surface area contributed by atoms with Gasteiger partial charge in [-0.05, 0) is 63.9 Å². The molecule has 1 heterocycles. The minimum absolute atomic E-state index is 0.0586. The van der Waals surface area contributed by atoms with E-state index in [9.17, 15) is 9.59 Å². The topological polar surface area (TPSA) is 80.8 Å². The summed E-state index contributed by atoms with van der Waals surface area (Å²) in [4.78, 5) is 31.6. The maximum atomic E-state index is 13.4. The van der Waals surface area contributed by atoms with Crippen molar-refractivity contribution in [1.29, 1.82) is 0 Å². The first kappa shape index (κ1) is 27.5. The quantitative estimate of drug-likeness (QED) is 0.379. The molecule has 0 bridgehead atoms. The Bertz CT molecular complexity index is 1060. The monoisotopic (exact) mass is 513 g/mol. The Morgan fingerprint density at radius 1 is 1.19 bits per heavy atom. The van der Waals surface area contributed by atoms with Gasteiger partial charge in [0, 0.05) is 47.2 Å². The number of nitrogens with zero attached hydrogens (tertiary/aromatic N) is 2. The normalized spacial score (nSPS) is 14.1. The van der Waals surface area contributed by atoms with Crippen molar-refractivity contribution >= 4 is 29.3 Å². The summed E-state index contributed by atoms with van der Waals surface area (Å²) in [5.74, 6) is 0.466. The number of hydrogen-bond acceptors (Lipinski definition) is 5. The van der Waals surface area contributed by atoms with Gasteiger partial charge in [0.05, 0.1) is 6.61 Å². The molecule has 0 aliphatic heterocycles. The highest BCUT2D eigenvalue weighted by Crippen LogP contribution is 2.27. The molecule has 1 aromatic carbocycles. The Hall–Kier alpha value is -3.06. The molecule has 2 aromatic rings. The van der Waals surface area contributed by atoms with Crippen molar-refractivity contribution in [1.82, 2.24) is 9.88 Å². The lowest BCUT2D eigenvalue weighted by atomic mass is 9.93. The number of pyridine rings is 1. The van der Waals surface area contributed by atoms with Gasteiger partial charge in [0.15, 0.2) is 0 Å². The van der Waals surface area contributed by atoms with Crippen molar-refractivity contribution in [3.8, 4) is 5.75 Å². The largest absolute Gasteiger partial charge is 0.493 e. The average molecular weight is 514 g/mol. The van der Waals surface area contributed by atoms with Gasteiger partial charge in [-0.1, -0.05) is 36.9 Å². The van der Waals surface area contributed by atoms with Gasteiger partial charge in [-0.25, -0.2) is 4.79 Å². The van der Waals surface area contributed by atoms with Gasteiger partial charge in [0.2, 0.25) is 0 Å². The molecule has 1 aliphatic carbocycles. The smallest absolute Gasteiger partial charge is 0.412 e. The van der Waals surface area contributed by atoms with Crippen LogP contribution in [0.5, 0.6) is 5.75 Å². The summed E-state index contributed by atoms with van der Waals surface area (Å²) in [5.41, 5.74) is 1.27. The van der Waals surface area contributed by atoms with Gasteiger partial charge in [-0.2, -0.15) is 0 Å². The SMILES string of the molecule is C=CCN(C(=O)c1cc(Cl)cc(OCCc2cc(NC(=O)OC(C)(C)C)ccn2)c1)C1CCCCC1. The molecule has 0 unspecified atom stereocenters. The average Bonchev–Trinajstić information content (AvgIpc) is 2.81. The van der Waals surface area contributed by atoms with E-state index in [2.05, 4.69) is 16.9 Å². The number of rotatable bonds is 9. The van der Waals surface area contributed by atoms with Crippen LogP contribution in [-0.4, -0.2) is 46.7 Å². The number of nitrogens with one attached hydrogen (secondary N) is 1. The Morgan fingerprint density at radius 2 is 1.94 bits per heavy atom. The van der Waals surface area contributed by atoms with E-state index in [0.29, 0.717) is 41.6 Å². The molecule has 194 valence electrons. The first-order chi connectivity index (χ1) is 17.1. The van der Waals surface area contributed by atoms with E-state index in [1.54, 1.807) is 42.6 Å². The minimum atomic E-state index is -0.579. The summed E-state index contributed by atoms with van der Waals surface area (Å²) in [6, 6.07) is 8.82. The molecule has 1 aromatic heterocycles. The Morgan fingerprint density at radius 3 is 2.64 bits per heavy atom. The highest BCUT2D eigenvalue weighted by atomic mass is 35.5. The molecule has 8 heteroatoms. The molecule has 2 amide bonds. The molecule has 0 saturated heterocycles. The molecule has 1 aliphatic rings. The standard InChI is InChI=1S/C28H36ClN3O4/c1-5-14-32(24-9-7-6-8-10-24)26(33)20-16-21(29)18-25(17-20)35-15-12-22-19-23(11-13-30-22)31-27(34)36-28(2,3)4/h5,11,13,16-19,24H,1,6-10,12,14-15H2,2-4H3,(H,30,31,34). The predicted molar refractivity (Wildman–Crippen MR) is 143 cm³/mol. The lowest BCUT2D eigenvalue weighted by molar-refractivity contribution is 0.0633. The van der Waals surface area contributed by atoms with E-state index < -0.39 is 11.7 Å². The molecule has 0 spiro atoms. The van der Waals surface area contributed by atoms with Gasteiger partial charge in [-0.3, -0.25) is 15.1 Å². The van der Waals surface area contributed by atoms with Gasteiger partial charge >= 0.3 is 6.09 Å². The molecule has 1 fully saturated rings. The van der Waals surface area contributed by atoms with Crippen molar-refractivity contribution in [3.05, 3.63) is 65.5 Å². The lowest BCUT2D eigenvalue weighted by Gasteiger charge is -2.34. The molecule has 1 saturated carbocycles. The summed E-state index contributed by atoms with van der Waals surface area (Å²) in [7, 11) is 0. The Balaban J connectivity index is 1.62. The fourth-order valence-corrected chi connectivity index (χ4v) is 4.48. The van der Waals surface area contributed by atoms with Crippen LogP contribution in [0.4, 0.5) is 10.5 Å². The van der Waals surface area contributed by atoms with Crippen LogP contribution in [-0.2, 0) is 11.2 Å². The summed E-state index contributed by atoms with van der Waals surface area (Å²) < 4.78 is 11.2. The highest BCUT2D eigenvalue weighted by molar-refractivity contribution is 6.31. The number of aromatic nitrogens is 1. The maximum Gasteiger partial charge on any atom is 0.412 e. The van der Waals surface area contributed by atoms with Crippen molar-refractivity contribution in [2.24, 2.45) is 0 Å². The van der Waals surface area contributed by atoms with Crippen LogP contribution in [0.2, 0.25) is 5.02 Å². The van der Waals surface area contributed by atoms with Crippen LogP contribution < -0.4 is 10.1 Å². The van der Waals surface area contributed by atoms with Crippen molar-refractivity contribution in [2.75, 3.05) is 18.5 Å². The minimum Gasteiger partial charge on any atom is -0.493 e. The summed E-state index contributed by atoms with van der Waals surface area (Å²) in [5, 5.41) is 3.16. The van der Waals surface area contributed by atoms with E-state index in [0.717, 1.165) is 31.4 Å². The van der Waals surface area contributed by atoms with E-state index in [1.165, 1.54) is 6.42 Å². The summed E-state index contributed by atoms with van der Waals surface area (Å²) in [6.45, 7) is 10.1. The third-order valence-electron chi connectivity index (χ3n) is 5.81. The molecule has 7 nitrogen and oxygen atoms in total. The third-order valence-corrected chi connectivity index (χ3v) is 6.03. The van der Waals surface area contributed by atoms with E-state index >= 15 is 0 Å². The van der Waals surface area contributed by atoms with Gasteiger partial charge in [0.1, 0.15) is 11.4 Å². The molecule has 3 rings (SSSR count). The van der Waals surface area contributed by atoms with Crippen LogP contribution in [0, 0.1) is 0 Å². The fourth-order valence-electron chi connectivity index (χ4n) is 4.25. The Kier molecular flexibility index (Phi) is 9.76. The summed E-state index contributed by atoms with van der Waals surface area (Å²) >= 11 is 6.34. The number of ether oxygens (including phenoxy) is 2. The van der Waals surface area contributed by atoms with E-state index in [-0.39, 0.29) is 11.9 Å². The zero-order valence-electron chi connectivity index (χ0n) is 21.4. The highest BCUT2D eigenvalue weighted by Gasteiger charge is 2.26. The fraction of sp³-hybridized carbons (Fsp3) is 0.464. The molecule has 0 radical (unpaired) electrons. The second-order valence-corrected chi connectivity index (χ2v) is 10.4.